The van der Waals surface area contributed by atoms with E-state index in [0.717, 1.165) is 96.1 Å². The van der Waals surface area contributed by atoms with Crippen molar-refractivity contribution >= 4 is 37.6 Å². The molecule has 35 heavy (non-hydrogen) atoms. The van der Waals surface area contributed by atoms with Crippen LogP contribution >= 0.6 is 31.9 Å². The predicted octanol–water partition coefficient (Wildman–Crippen LogP) is 7.10. The SMILES string of the molecule is Cc1oc(-c2c(Br)cccc2Br)nc1CN1CCC(C(=O)CCCCN2C[C@H](C)C[C@H](C)C2)CC1. The van der Waals surface area contributed by atoms with E-state index in [0.29, 0.717) is 11.7 Å². The van der Waals surface area contributed by atoms with E-state index in [1.165, 1.54) is 19.5 Å². The molecule has 0 aliphatic carbocycles. The molecule has 1 aromatic carbocycles. The summed E-state index contributed by atoms with van der Waals surface area (Å²) in [6.07, 6.45) is 6.19. The van der Waals surface area contributed by atoms with Crippen LogP contribution in [-0.2, 0) is 11.3 Å². The number of rotatable bonds is 9. The fourth-order valence-corrected chi connectivity index (χ4v) is 7.16. The minimum absolute atomic E-state index is 0.228. The first-order valence-electron chi connectivity index (χ1n) is 13.2. The summed E-state index contributed by atoms with van der Waals surface area (Å²) in [5.74, 6) is 3.81. The maximum atomic E-state index is 12.8. The lowest BCUT2D eigenvalue weighted by atomic mass is 9.89. The van der Waals surface area contributed by atoms with Gasteiger partial charge in [0.1, 0.15) is 11.5 Å². The summed E-state index contributed by atoms with van der Waals surface area (Å²) in [7, 11) is 0. The molecule has 0 amide bonds. The smallest absolute Gasteiger partial charge is 0.228 e. The van der Waals surface area contributed by atoms with Crippen molar-refractivity contribution < 1.29 is 9.21 Å². The lowest BCUT2D eigenvalue weighted by molar-refractivity contribution is -0.124. The van der Waals surface area contributed by atoms with Crippen LogP contribution in [0.3, 0.4) is 0 Å². The van der Waals surface area contributed by atoms with Crippen LogP contribution in [0.25, 0.3) is 11.5 Å². The van der Waals surface area contributed by atoms with Gasteiger partial charge in [-0.3, -0.25) is 9.69 Å². The molecule has 2 atom stereocenters. The number of carbonyl (C=O) groups is 1. The number of ketones is 1. The molecule has 0 N–H and O–H groups in total. The Morgan fingerprint density at radius 3 is 2.37 bits per heavy atom. The molecule has 0 spiro atoms. The van der Waals surface area contributed by atoms with E-state index in [-0.39, 0.29) is 5.92 Å². The molecule has 192 valence electrons. The molecule has 0 unspecified atom stereocenters. The van der Waals surface area contributed by atoms with Gasteiger partial charge < -0.3 is 9.32 Å². The maximum Gasteiger partial charge on any atom is 0.228 e. The van der Waals surface area contributed by atoms with Crippen LogP contribution in [0.2, 0.25) is 0 Å². The molecule has 2 saturated heterocycles. The van der Waals surface area contributed by atoms with Crippen molar-refractivity contribution in [2.24, 2.45) is 17.8 Å². The number of carbonyl (C=O) groups excluding carboxylic acids is 1. The van der Waals surface area contributed by atoms with Gasteiger partial charge in [-0.15, -0.1) is 0 Å². The second kappa shape index (κ2) is 12.5. The molecule has 0 bridgehead atoms. The number of Topliss-reactive ketones (excluding diaryl/α,β-unsaturated/α-hetero) is 1. The molecule has 1 aromatic heterocycles. The van der Waals surface area contributed by atoms with E-state index in [4.69, 9.17) is 9.40 Å². The number of benzene rings is 1. The number of likely N-dealkylation sites (tertiary alicyclic amines) is 2. The minimum atomic E-state index is 0.228. The zero-order valence-electron chi connectivity index (χ0n) is 21.4. The molecular weight excluding hydrogens is 570 g/mol. The number of aryl methyl sites for hydroxylation is 1. The molecule has 0 radical (unpaired) electrons. The van der Waals surface area contributed by atoms with E-state index in [2.05, 4.69) is 55.5 Å². The zero-order chi connectivity index (χ0) is 24.9. The topological polar surface area (TPSA) is 49.6 Å². The maximum absolute atomic E-state index is 12.8. The van der Waals surface area contributed by atoms with Crippen LogP contribution in [0.4, 0.5) is 0 Å². The van der Waals surface area contributed by atoms with Crippen molar-refractivity contribution in [3.63, 3.8) is 0 Å². The number of nitrogens with zero attached hydrogens (tertiary/aromatic N) is 3. The highest BCUT2D eigenvalue weighted by Crippen LogP contribution is 2.35. The fourth-order valence-electron chi connectivity index (χ4n) is 5.82. The second-order valence-corrected chi connectivity index (χ2v) is 12.5. The summed E-state index contributed by atoms with van der Waals surface area (Å²) in [6.45, 7) is 13.0. The van der Waals surface area contributed by atoms with Crippen molar-refractivity contribution in [1.82, 2.24) is 14.8 Å². The Morgan fingerprint density at radius 2 is 1.71 bits per heavy atom. The number of aromatic nitrogens is 1. The normalized spacial score (nSPS) is 22.5. The molecule has 2 aromatic rings. The van der Waals surface area contributed by atoms with Crippen molar-refractivity contribution in [3.8, 4) is 11.5 Å². The Balaban J connectivity index is 1.20. The van der Waals surface area contributed by atoms with E-state index in [9.17, 15) is 4.79 Å². The van der Waals surface area contributed by atoms with Crippen LogP contribution < -0.4 is 0 Å². The van der Waals surface area contributed by atoms with E-state index < -0.39 is 0 Å². The molecule has 4 rings (SSSR count). The average molecular weight is 609 g/mol. The van der Waals surface area contributed by atoms with Crippen molar-refractivity contribution in [1.29, 1.82) is 0 Å². The van der Waals surface area contributed by atoms with Gasteiger partial charge >= 0.3 is 0 Å². The first kappa shape index (κ1) is 27.0. The highest BCUT2D eigenvalue weighted by Gasteiger charge is 2.26. The third-order valence-electron chi connectivity index (χ3n) is 7.58. The number of hydrogen-bond acceptors (Lipinski definition) is 5. The van der Waals surface area contributed by atoms with Gasteiger partial charge in [0.05, 0.1) is 11.3 Å². The molecule has 5 nitrogen and oxygen atoms in total. The van der Waals surface area contributed by atoms with Gasteiger partial charge in [-0.25, -0.2) is 4.98 Å². The Morgan fingerprint density at radius 1 is 1.06 bits per heavy atom. The summed E-state index contributed by atoms with van der Waals surface area (Å²) in [5.41, 5.74) is 1.92. The van der Waals surface area contributed by atoms with Gasteiger partial charge in [0.15, 0.2) is 0 Å². The zero-order valence-corrected chi connectivity index (χ0v) is 24.5. The lowest BCUT2D eigenvalue weighted by Gasteiger charge is -2.35. The first-order chi connectivity index (χ1) is 16.8. The Kier molecular flexibility index (Phi) is 9.64. The van der Waals surface area contributed by atoms with Crippen LogP contribution in [0.5, 0.6) is 0 Å². The van der Waals surface area contributed by atoms with Crippen LogP contribution in [0.1, 0.15) is 63.8 Å². The molecule has 2 aliphatic heterocycles. The molecule has 2 aliphatic rings. The Hall–Kier alpha value is -1.02. The number of hydrogen-bond donors (Lipinski definition) is 0. The number of unbranched alkanes of at least 4 members (excludes halogenated alkanes) is 1. The summed E-state index contributed by atoms with van der Waals surface area (Å²) < 4.78 is 7.93. The van der Waals surface area contributed by atoms with E-state index in [1.807, 2.05) is 25.1 Å². The molecule has 7 heteroatoms. The summed E-state index contributed by atoms with van der Waals surface area (Å²) in [4.78, 5) is 22.7. The highest BCUT2D eigenvalue weighted by atomic mass is 79.9. The second-order valence-electron chi connectivity index (χ2n) is 10.8. The molecule has 3 heterocycles. The Bertz CT molecular complexity index is 970. The molecule has 2 fully saturated rings. The monoisotopic (exact) mass is 607 g/mol. The van der Waals surface area contributed by atoms with Crippen molar-refractivity contribution in [2.45, 2.75) is 65.8 Å². The number of oxazole rings is 1. The van der Waals surface area contributed by atoms with E-state index >= 15 is 0 Å². The van der Waals surface area contributed by atoms with Gasteiger partial charge in [-0.2, -0.15) is 0 Å². The van der Waals surface area contributed by atoms with Crippen LogP contribution in [0.15, 0.2) is 31.6 Å². The summed E-state index contributed by atoms with van der Waals surface area (Å²) >= 11 is 7.22. The predicted molar refractivity (Wildman–Crippen MR) is 148 cm³/mol. The van der Waals surface area contributed by atoms with Crippen LogP contribution in [-0.4, -0.2) is 53.3 Å². The third kappa shape index (κ3) is 7.27. The largest absolute Gasteiger partial charge is 0.441 e. The van der Waals surface area contributed by atoms with Gasteiger partial charge in [0.2, 0.25) is 5.89 Å². The van der Waals surface area contributed by atoms with Crippen LogP contribution in [0, 0.1) is 24.7 Å². The van der Waals surface area contributed by atoms with Gasteiger partial charge in [0, 0.05) is 40.9 Å². The summed E-state index contributed by atoms with van der Waals surface area (Å²) in [6, 6.07) is 5.97. The lowest BCUT2D eigenvalue weighted by Crippen LogP contribution is -2.39. The quantitative estimate of drug-likeness (QED) is 0.284. The third-order valence-corrected chi connectivity index (χ3v) is 8.90. The Labute approximate surface area is 227 Å². The molecular formula is C28H39Br2N3O2. The van der Waals surface area contributed by atoms with Crippen molar-refractivity contribution in [3.05, 3.63) is 38.6 Å². The highest BCUT2D eigenvalue weighted by molar-refractivity contribution is 9.11. The number of halogens is 2. The van der Waals surface area contributed by atoms with Gasteiger partial charge in [-0.1, -0.05) is 19.9 Å². The average Bonchev–Trinajstić information content (AvgIpc) is 3.16. The van der Waals surface area contributed by atoms with E-state index in [1.54, 1.807) is 0 Å². The van der Waals surface area contributed by atoms with Gasteiger partial charge in [-0.05, 0) is 114 Å². The standard InChI is InChI=1S/C28H39Br2N3O2/c1-19-15-20(2)17-33(16-19)12-5-4-9-26(34)22-10-13-32(14-11-22)18-25-21(3)35-28(31-25)27-23(29)7-6-8-24(27)30/h6-8,19-20,22H,4-5,9-18H2,1-3H3/t19-,20+. The first-order valence-corrected chi connectivity index (χ1v) is 14.8. The van der Waals surface area contributed by atoms with Gasteiger partial charge in [0.25, 0.3) is 0 Å². The number of piperidine rings is 2. The molecule has 0 saturated carbocycles. The summed E-state index contributed by atoms with van der Waals surface area (Å²) in [5, 5.41) is 0. The van der Waals surface area contributed by atoms with Crippen molar-refractivity contribution in [2.75, 3.05) is 32.7 Å². The minimum Gasteiger partial charge on any atom is -0.441 e. The fraction of sp³-hybridized carbons (Fsp3) is 0.643.